The van der Waals surface area contributed by atoms with Gasteiger partial charge >= 0.3 is 5.97 Å². The average Bonchev–Trinajstić information content (AvgIpc) is 2.66. The van der Waals surface area contributed by atoms with Crippen molar-refractivity contribution in [3.8, 4) is 0 Å². The van der Waals surface area contributed by atoms with Gasteiger partial charge in [0.05, 0.1) is 17.2 Å². The number of nitrogens with zero attached hydrogens (tertiary/aromatic N) is 3. The molecule has 26 heavy (non-hydrogen) atoms. The molecule has 0 unspecified atom stereocenters. The standard InChI is InChI=1S/C17H22N4O4S/c1-2-26(23,24)21-9-7-12(8-10-21)17(22)25-11-15-19-14-6-4-3-5-13(14)16(18)20-15/h3-6,12H,2,7-11H2,1H3,(H2,18,19,20). The molecule has 0 atom stereocenters. The second kappa shape index (κ2) is 7.55. The Morgan fingerprint density at radius 2 is 1.96 bits per heavy atom. The molecule has 1 aliphatic rings. The predicted molar refractivity (Wildman–Crippen MR) is 97.5 cm³/mol. The van der Waals surface area contributed by atoms with Gasteiger partial charge in [-0.25, -0.2) is 22.7 Å². The summed E-state index contributed by atoms with van der Waals surface area (Å²) >= 11 is 0. The van der Waals surface area contributed by atoms with Crippen molar-refractivity contribution in [3.05, 3.63) is 30.1 Å². The fraction of sp³-hybridized carbons (Fsp3) is 0.471. The first-order valence-electron chi connectivity index (χ1n) is 8.56. The van der Waals surface area contributed by atoms with E-state index in [4.69, 9.17) is 10.5 Å². The number of para-hydroxylation sites is 1. The molecule has 0 amide bonds. The molecule has 3 rings (SSSR count). The zero-order valence-corrected chi connectivity index (χ0v) is 15.4. The molecule has 1 fully saturated rings. The van der Waals surface area contributed by atoms with E-state index in [1.165, 1.54) is 4.31 Å². The van der Waals surface area contributed by atoms with Gasteiger partial charge in [0.25, 0.3) is 0 Å². The van der Waals surface area contributed by atoms with Crippen LogP contribution in [0.15, 0.2) is 24.3 Å². The van der Waals surface area contributed by atoms with Crippen LogP contribution in [0.25, 0.3) is 10.9 Å². The molecule has 1 aliphatic heterocycles. The molecule has 0 spiro atoms. The van der Waals surface area contributed by atoms with Crippen LogP contribution in [0.4, 0.5) is 5.82 Å². The summed E-state index contributed by atoms with van der Waals surface area (Å²) in [5.41, 5.74) is 6.62. The molecule has 2 N–H and O–H groups in total. The second-order valence-electron chi connectivity index (χ2n) is 6.22. The Morgan fingerprint density at radius 3 is 2.65 bits per heavy atom. The maximum Gasteiger partial charge on any atom is 0.309 e. The molecule has 1 aromatic carbocycles. The highest BCUT2D eigenvalue weighted by molar-refractivity contribution is 7.89. The molecule has 0 saturated carbocycles. The third-order valence-corrected chi connectivity index (χ3v) is 6.45. The smallest absolute Gasteiger partial charge is 0.309 e. The van der Waals surface area contributed by atoms with Gasteiger partial charge in [-0.05, 0) is 31.9 Å². The Morgan fingerprint density at radius 1 is 1.27 bits per heavy atom. The fourth-order valence-corrected chi connectivity index (χ4v) is 4.15. The lowest BCUT2D eigenvalue weighted by molar-refractivity contribution is -0.151. The van der Waals surface area contributed by atoms with Gasteiger partial charge in [-0.1, -0.05) is 12.1 Å². The minimum atomic E-state index is -3.20. The number of aromatic nitrogens is 2. The molecular formula is C17H22N4O4S. The zero-order valence-electron chi connectivity index (χ0n) is 14.6. The van der Waals surface area contributed by atoms with Crippen LogP contribution in [0.1, 0.15) is 25.6 Å². The summed E-state index contributed by atoms with van der Waals surface area (Å²) in [4.78, 5) is 20.8. The van der Waals surface area contributed by atoms with Gasteiger partial charge in [0.2, 0.25) is 10.0 Å². The SMILES string of the molecule is CCS(=O)(=O)N1CCC(C(=O)OCc2nc(N)c3ccccc3n2)CC1. The van der Waals surface area contributed by atoms with Crippen molar-refractivity contribution in [2.75, 3.05) is 24.6 Å². The third kappa shape index (κ3) is 3.94. The molecule has 1 saturated heterocycles. The number of sulfonamides is 1. The van der Waals surface area contributed by atoms with Crippen LogP contribution in [-0.2, 0) is 26.2 Å². The number of carbonyl (C=O) groups excluding carboxylic acids is 1. The van der Waals surface area contributed by atoms with Crippen molar-refractivity contribution >= 4 is 32.7 Å². The summed E-state index contributed by atoms with van der Waals surface area (Å²) in [6, 6.07) is 7.36. The lowest BCUT2D eigenvalue weighted by atomic mass is 9.98. The first-order chi connectivity index (χ1) is 12.4. The third-order valence-electron chi connectivity index (χ3n) is 4.57. The monoisotopic (exact) mass is 378 g/mol. The number of hydrogen-bond acceptors (Lipinski definition) is 7. The number of rotatable bonds is 5. The van der Waals surface area contributed by atoms with Crippen LogP contribution in [0.2, 0.25) is 0 Å². The van der Waals surface area contributed by atoms with E-state index in [1.807, 2.05) is 24.3 Å². The summed E-state index contributed by atoms with van der Waals surface area (Å²) in [5, 5.41) is 0.757. The number of carbonyl (C=O) groups is 1. The number of nitrogens with two attached hydrogens (primary N) is 1. The number of hydrogen-bond donors (Lipinski definition) is 1. The molecular weight excluding hydrogens is 356 g/mol. The van der Waals surface area contributed by atoms with Crippen molar-refractivity contribution in [1.29, 1.82) is 0 Å². The second-order valence-corrected chi connectivity index (χ2v) is 8.48. The van der Waals surface area contributed by atoms with Gasteiger partial charge in [0.15, 0.2) is 12.4 Å². The van der Waals surface area contributed by atoms with E-state index in [-0.39, 0.29) is 24.2 Å². The van der Waals surface area contributed by atoms with Gasteiger partial charge in [0.1, 0.15) is 5.82 Å². The first kappa shape index (κ1) is 18.5. The van der Waals surface area contributed by atoms with Crippen LogP contribution < -0.4 is 5.73 Å². The highest BCUT2D eigenvalue weighted by Gasteiger charge is 2.31. The molecule has 140 valence electrons. The number of anilines is 1. The molecule has 2 aromatic rings. The first-order valence-corrected chi connectivity index (χ1v) is 10.2. The topological polar surface area (TPSA) is 115 Å². The highest BCUT2D eigenvalue weighted by atomic mass is 32.2. The van der Waals surface area contributed by atoms with Crippen LogP contribution >= 0.6 is 0 Å². The molecule has 0 radical (unpaired) electrons. The van der Waals surface area contributed by atoms with Gasteiger partial charge in [-0.3, -0.25) is 4.79 Å². The Balaban J connectivity index is 1.58. The number of ether oxygens (including phenoxy) is 1. The number of piperidine rings is 1. The Labute approximate surface area is 152 Å². The highest BCUT2D eigenvalue weighted by Crippen LogP contribution is 2.22. The van der Waals surface area contributed by atoms with Crippen LogP contribution in [-0.4, -0.2) is 47.5 Å². The fourth-order valence-electron chi connectivity index (χ4n) is 3.02. The normalized spacial score (nSPS) is 16.7. The maximum absolute atomic E-state index is 12.3. The minimum absolute atomic E-state index is 0.0542. The van der Waals surface area contributed by atoms with E-state index in [0.29, 0.717) is 43.1 Å². The van der Waals surface area contributed by atoms with Crippen LogP contribution in [0, 0.1) is 5.92 Å². The Hall–Kier alpha value is -2.26. The van der Waals surface area contributed by atoms with Crippen LogP contribution in [0.5, 0.6) is 0 Å². The van der Waals surface area contributed by atoms with Gasteiger partial charge in [-0.2, -0.15) is 0 Å². The summed E-state index contributed by atoms with van der Waals surface area (Å²) in [6.45, 7) is 2.25. The van der Waals surface area contributed by atoms with E-state index in [2.05, 4.69) is 9.97 Å². The number of fused-ring (bicyclic) bond motifs is 1. The molecule has 1 aromatic heterocycles. The predicted octanol–water partition coefficient (Wildman–Crippen LogP) is 1.32. The Bertz CT molecular complexity index is 908. The zero-order chi connectivity index (χ0) is 18.7. The van der Waals surface area contributed by atoms with E-state index < -0.39 is 10.0 Å². The van der Waals surface area contributed by atoms with Crippen molar-refractivity contribution in [1.82, 2.24) is 14.3 Å². The molecule has 0 aliphatic carbocycles. The van der Waals surface area contributed by atoms with Gasteiger partial charge in [0, 0.05) is 18.5 Å². The van der Waals surface area contributed by atoms with Crippen molar-refractivity contribution in [3.63, 3.8) is 0 Å². The number of benzene rings is 1. The van der Waals surface area contributed by atoms with Crippen molar-refractivity contribution in [2.24, 2.45) is 5.92 Å². The minimum Gasteiger partial charge on any atom is -0.457 e. The Kier molecular flexibility index (Phi) is 5.38. The lowest BCUT2D eigenvalue weighted by Crippen LogP contribution is -2.41. The van der Waals surface area contributed by atoms with E-state index in [1.54, 1.807) is 6.92 Å². The van der Waals surface area contributed by atoms with E-state index in [9.17, 15) is 13.2 Å². The van der Waals surface area contributed by atoms with Crippen molar-refractivity contribution < 1.29 is 17.9 Å². The quantitative estimate of drug-likeness (QED) is 0.780. The van der Waals surface area contributed by atoms with Crippen LogP contribution in [0.3, 0.4) is 0 Å². The summed E-state index contributed by atoms with van der Waals surface area (Å²) in [6.07, 6.45) is 0.914. The number of esters is 1. The molecule has 2 heterocycles. The molecule has 9 heteroatoms. The van der Waals surface area contributed by atoms with Crippen molar-refractivity contribution in [2.45, 2.75) is 26.4 Å². The summed E-state index contributed by atoms with van der Waals surface area (Å²) in [7, 11) is -3.20. The van der Waals surface area contributed by atoms with E-state index in [0.717, 1.165) is 5.39 Å². The largest absolute Gasteiger partial charge is 0.457 e. The number of nitrogen functional groups attached to an aromatic ring is 1. The summed E-state index contributed by atoms with van der Waals surface area (Å²) in [5.74, 6) is 0.105. The molecule has 0 bridgehead atoms. The molecule has 8 nitrogen and oxygen atoms in total. The average molecular weight is 378 g/mol. The maximum atomic E-state index is 12.3. The lowest BCUT2D eigenvalue weighted by Gasteiger charge is -2.29. The van der Waals surface area contributed by atoms with Gasteiger partial charge < -0.3 is 10.5 Å². The summed E-state index contributed by atoms with van der Waals surface area (Å²) < 4.78 is 30.5. The van der Waals surface area contributed by atoms with Gasteiger partial charge in [-0.15, -0.1) is 0 Å². The van der Waals surface area contributed by atoms with E-state index >= 15 is 0 Å².